The van der Waals surface area contributed by atoms with Gasteiger partial charge >= 0.3 is 5.97 Å². The third-order valence-corrected chi connectivity index (χ3v) is 8.18. The number of benzene rings is 2. The molecular formula is C26H33ClO3. The Kier molecular flexibility index (Phi) is 6.03. The van der Waals surface area contributed by atoms with E-state index in [-0.39, 0.29) is 17.4 Å². The quantitative estimate of drug-likeness (QED) is 0.532. The zero-order valence-corrected chi connectivity index (χ0v) is 19.0. The average Bonchev–Trinajstić information content (AvgIpc) is 2.71. The van der Waals surface area contributed by atoms with Crippen molar-refractivity contribution >= 4 is 28.3 Å². The lowest BCUT2D eigenvalue weighted by Crippen LogP contribution is -2.48. The Hall–Kier alpha value is -1.74. The van der Waals surface area contributed by atoms with Gasteiger partial charge in [-0.1, -0.05) is 50.6 Å². The third kappa shape index (κ3) is 4.19. The highest BCUT2D eigenvalue weighted by atomic mass is 35.5. The summed E-state index contributed by atoms with van der Waals surface area (Å²) in [5.41, 5.74) is 1.13. The van der Waals surface area contributed by atoms with Gasteiger partial charge in [0, 0.05) is 5.39 Å². The van der Waals surface area contributed by atoms with Gasteiger partial charge in [0.2, 0.25) is 0 Å². The fraction of sp³-hybridized carbons (Fsp3) is 0.577. The Labute approximate surface area is 184 Å². The Bertz CT molecular complexity index is 927. The van der Waals surface area contributed by atoms with Crippen molar-refractivity contribution in [3.8, 4) is 5.75 Å². The van der Waals surface area contributed by atoms with Gasteiger partial charge in [0.15, 0.2) is 0 Å². The number of aliphatic carboxylic acids is 1. The number of hydrogen-bond donors (Lipinski definition) is 1. The first kappa shape index (κ1) is 21.5. The second-order valence-corrected chi connectivity index (χ2v) is 10.5. The topological polar surface area (TPSA) is 46.5 Å². The molecule has 2 aliphatic rings. The van der Waals surface area contributed by atoms with Gasteiger partial charge < -0.3 is 9.84 Å². The summed E-state index contributed by atoms with van der Waals surface area (Å²) in [5, 5.41) is 12.2. The minimum absolute atomic E-state index is 0.126. The second-order valence-electron chi connectivity index (χ2n) is 10.1. The number of ether oxygens (including phenoxy) is 1. The van der Waals surface area contributed by atoms with Crippen molar-refractivity contribution in [1.29, 1.82) is 0 Å². The van der Waals surface area contributed by atoms with Crippen LogP contribution >= 0.6 is 11.6 Å². The lowest BCUT2D eigenvalue weighted by Gasteiger charge is -2.50. The lowest BCUT2D eigenvalue weighted by atomic mass is 9.53. The molecule has 0 spiro atoms. The first-order chi connectivity index (χ1) is 14.3. The van der Waals surface area contributed by atoms with Crippen LogP contribution in [0.5, 0.6) is 5.75 Å². The van der Waals surface area contributed by atoms with Gasteiger partial charge in [0.05, 0.1) is 17.0 Å². The average molecular weight is 429 g/mol. The number of carbonyl (C=O) groups is 1. The molecule has 0 aromatic heterocycles. The summed E-state index contributed by atoms with van der Waals surface area (Å²) >= 11 is 6.77. The molecule has 3 nitrogen and oxygen atoms in total. The molecule has 2 aromatic carbocycles. The molecule has 0 amide bonds. The number of carboxylic acids is 1. The maximum absolute atomic E-state index is 11.4. The molecule has 0 aliphatic heterocycles. The van der Waals surface area contributed by atoms with Crippen LogP contribution in [0.4, 0.5) is 0 Å². The smallest absolute Gasteiger partial charge is 0.307 e. The van der Waals surface area contributed by atoms with Crippen LogP contribution in [0.2, 0.25) is 5.02 Å². The maximum atomic E-state index is 11.4. The minimum atomic E-state index is -0.659. The highest BCUT2D eigenvalue weighted by molar-refractivity contribution is 6.37. The molecule has 0 saturated heterocycles. The van der Waals surface area contributed by atoms with Crippen molar-refractivity contribution in [2.24, 2.45) is 23.2 Å². The summed E-state index contributed by atoms with van der Waals surface area (Å²) < 4.78 is 6.28. The predicted molar refractivity (Wildman–Crippen MR) is 122 cm³/mol. The number of aryl methyl sites for hydroxylation is 1. The Morgan fingerprint density at radius 1 is 1.17 bits per heavy atom. The summed E-state index contributed by atoms with van der Waals surface area (Å²) in [5.74, 6) is 1.18. The van der Waals surface area contributed by atoms with Crippen LogP contribution in [0.3, 0.4) is 0 Å². The standard InChI is InChI=1S/C26H33ClO3/c1-16-4-11-20(12-5-16)30-23-13-9-18-8-6-17(14-21(18)24(23)27)7-10-19-15-22(25(28)29)26(19,2)3/h6,8-9,13-14,16,19-20,22H,4-5,7,10-12,15H2,1-3H3,(H,28,29). The summed E-state index contributed by atoms with van der Waals surface area (Å²) in [6.45, 7) is 6.49. The SMILES string of the molecule is CC1CCC(Oc2ccc3ccc(CCC4CC(C(=O)O)C4(C)C)cc3c2Cl)CC1. The van der Waals surface area contributed by atoms with Crippen LogP contribution in [0, 0.1) is 23.2 Å². The minimum Gasteiger partial charge on any atom is -0.489 e. The van der Waals surface area contributed by atoms with Crippen LogP contribution in [0.15, 0.2) is 30.3 Å². The van der Waals surface area contributed by atoms with Crippen LogP contribution in [0.1, 0.15) is 64.9 Å². The monoisotopic (exact) mass is 428 g/mol. The molecule has 2 aliphatic carbocycles. The van der Waals surface area contributed by atoms with E-state index in [1.165, 1.54) is 18.4 Å². The van der Waals surface area contributed by atoms with Crippen molar-refractivity contribution in [2.75, 3.05) is 0 Å². The molecule has 4 heteroatoms. The van der Waals surface area contributed by atoms with Gasteiger partial charge in [-0.3, -0.25) is 4.79 Å². The van der Waals surface area contributed by atoms with Crippen molar-refractivity contribution in [3.05, 3.63) is 40.9 Å². The summed E-state index contributed by atoms with van der Waals surface area (Å²) in [7, 11) is 0. The molecule has 2 saturated carbocycles. The number of fused-ring (bicyclic) bond motifs is 1. The van der Waals surface area contributed by atoms with E-state index in [0.29, 0.717) is 10.9 Å². The third-order valence-electron chi connectivity index (χ3n) is 7.79. The van der Waals surface area contributed by atoms with Crippen molar-refractivity contribution in [2.45, 2.75) is 71.8 Å². The van der Waals surface area contributed by atoms with Gasteiger partial charge in [-0.2, -0.15) is 0 Å². The fourth-order valence-corrected chi connectivity index (χ4v) is 5.62. The van der Waals surface area contributed by atoms with Crippen molar-refractivity contribution in [1.82, 2.24) is 0 Å². The second kappa shape index (κ2) is 8.42. The van der Waals surface area contributed by atoms with E-state index in [1.807, 2.05) is 6.07 Å². The molecule has 2 atom stereocenters. The highest BCUT2D eigenvalue weighted by Gasteiger charge is 2.51. The van der Waals surface area contributed by atoms with Crippen LogP contribution in [-0.2, 0) is 11.2 Å². The number of halogens is 1. The van der Waals surface area contributed by atoms with Crippen LogP contribution in [0.25, 0.3) is 10.8 Å². The van der Waals surface area contributed by atoms with Gasteiger partial charge in [-0.05, 0) is 85.3 Å². The molecule has 2 fully saturated rings. The lowest BCUT2D eigenvalue weighted by molar-refractivity contribution is -0.159. The molecule has 4 rings (SSSR count). The normalized spacial score (nSPS) is 28.1. The van der Waals surface area contributed by atoms with Gasteiger partial charge in [-0.25, -0.2) is 0 Å². The van der Waals surface area contributed by atoms with E-state index in [9.17, 15) is 9.90 Å². The van der Waals surface area contributed by atoms with Crippen LogP contribution in [-0.4, -0.2) is 17.2 Å². The zero-order chi connectivity index (χ0) is 21.5. The maximum Gasteiger partial charge on any atom is 0.307 e. The van der Waals surface area contributed by atoms with E-state index in [2.05, 4.69) is 45.0 Å². The first-order valence-electron chi connectivity index (χ1n) is 11.4. The number of carboxylic acid groups (broad SMARTS) is 1. The Balaban J connectivity index is 1.45. The summed E-state index contributed by atoms with van der Waals surface area (Å²) in [6, 6.07) is 10.6. The molecule has 0 bridgehead atoms. The first-order valence-corrected chi connectivity index (χ1v) is 11.7. The van der Waals surface area contributed by atoms with Gasteiger partial charge in [0.25, 0.3) is 0 Å². The molecule has 1 N–H and O–H groups in total. The van der Waals surface area contributed by atoms with Crippen LogP contribution < -0.4 is 4.74 Å². The Morgan fingerprint density at radius 2 is 1.87 bits per heavy atom. The van der Waals surface area contributed by atoms with E-state index in [4.69, 9.17) is 16.3 Å². The molecule has 2 unspecified atom stereocenters. The van der Waals surface area contributed by atoms with E-state index in [1.54, 1.807) is 0 Å². The summed E-state index contributed by atoms with van der Waals surface area (Å²) in [4.78, 5) is 11.4. The highest BCUT2D eigenvalue weighted by Crippen LogP contribution is 2.53. The largest absolute Gasteiger partial charge is 0.489 e. The molecule has 162 valence electrons. The van der Waals surface area contributed by atoms with E-state index >= 15 is 0 Å². The fourth-order valence-electron chi connectivity index (χ4n) is 5.35. The Morgan fingerprint density at radius 3 is 2.53 bits per heavy atom. The van der Waals surface area contributed by atoms with E-state index < -0.39 is 5.97 Å². The van der Waals surface area contributed by atoms with Gasteiger partial charge in [-0.15, -0.1) is 0 Å². The molecule has 30 heavy (non-hydrogen) atoms. The molecule has 0 heterocycles. The van der Waals surface area contributed by atoms with Gasteiger partial charge in [0.1, 0.15) is 5.75 Å². The molecular weight excluding hydrogens is 396 g/mol. The van der Waals surface area contributed by atoms with Crippen molar-refractivity contribution in [3.63, 3.8) is 0 Å². The number of hydrogen-bond acceptors (Lipinski definition) is 2. The van der Waals surface area contributed by atoms with E-state index in [0.717, 1.165) is 54.5 Å². The molecule has 0 radical (unpaired) electrons. The zero-order valence-electron chi connectivity index (χ0n) is 18.3. The summed E-state index contributed by atoms with van der Waals surface area (Å²) in [6.07, 6.45) is 7.65. The predicted octanol–water partition coefficient (Wildman–Crippen LogP) is 7.13. The molecule has 2 aromatic rings. The van der Waals surface area contributed by atoms with Crippen molar-refractivity contribution < 1.29 is 14.6 Å². The number of rotatable bonds is 6.